The topological polar surface area (TPSA) is 72.4 Å². The van der Waals surface area contributed by atoms with Gasteiger partial charge in [0.1, 0.15) is 5.82 Å². The normalized spacial score (nSPS) is 20.7. The predicted octanol–water partition coefficient (Wildman–Crippen LogP) is 0.458. The summed E-state index contributed by atoms with van der Waals surface area (Å²) in [6, 6.07) is 4.53. The van der Waals surface area contributed by atoms with Gasteiger partial charge in [0.25, 0.3) is 0 Å². The maximum atomic E-state index is 13.7. The molecule has 1 aromatic rings. The van der Waals surface area contributed by atoms with Crippen LogP contribution < -0.4 is 11.5 Å². The molecule has 1 heterocycles. The first kappa shape index (κ1) is 12.0. The van der Waals surface area contributed by atoms with Crippen LogP contribution in [0.4, 0.5) is 4.39 Å². The van der Waals surface area contributed by atoms with Gasteiger partial charge in [0, 0.05) is 36.8 Å². The molecule has 92 valence electrons. The van der Waals surface area contributed by atoms with Crippen LogP contribution in [-0.2, 0) is 6.54 Å². The first-order valence-corrected chi connectivity index (χ1v) is 5.62. The Kier molecular flexibility index (Phi) is 3.40. The number of hydrogen-bond donors (Lipinski definition) is 2. The van der Waals surface area contributed by atoms with Crippen molar-refractivity contribution in [1.82, 2.24) is 4.90 Å². The Balaban J connectivity index is 2.09. The Morgan fingerprint density at radius 3 is 2.82 bits per heavy atom. The van der Waals surface area contributed by atoms with Crippen LogP contribution in [0.3, 0.4) is 0 Å². The van der Waals surface area contributed by atoms with Crippen LogP contribution in [0, 0.1) is 5.82 Å². The predicted molar refractivity (Wildman–Crippen MR) is 62.8 cm³/mol. The van der Waals surface area contributed by atoms with Crippen LogP contribution in [0.1, 0.15) is 22.3 Å². The van der Waals surface area contributed by atoms with Gasteiger partial charge in [-0.1, -0.05) is 6.07 Å². The number of amides is 1. The Hall–Kier alpha value is -1.46. The molecule has 1 aliphatic heterocycles. The summed E-state index contributed by atoms with van der Waals surface area (Å²) in [7, 11) is 0. The Morgan fingerprint density at radius 1 is 1.53 bits per heavy atom. The van der Waals surface area contributed by atoms with E-state index in [2.05, 4.69) is 4.90 Å². The lowest BCUT2D eigenvalue weighted by molar-refractivity contribution is 0.1000. The van der Waals surface area contributed by atoms with Gasteiger partial charge in [-0.15, -0.1) is 0 Å². The number of carbonyl (C=O) groups is 1. The SMILES string of the molecule is NC(=O)c1ccc(CN2CC[C@H](N)C2)c(F)c1. The molecule has 1 atom stereocenters. The first-order valence-electron chi connectivity index (χ1n) is 5.62. The fourth-order valence-corrected chi connectivity index (χ4v) is 2.08. The fraction of sp³-hybridized carbons (Fsp3) is 0.417. The van der Waals surface area contributed by atoms with Crippen LogP contribution in [0.25, 0.3) is 0 Å². The van der Waals surface area contributed by atoms with Crippen LogP contribution in [0.5, 0.6) is 0 Å². The highest BCUT2D eigenvalue weighted by atomic mass is 19.1. The fourth-order valence-electron chi connectivity index (χ4n) is 2.08. The summed E-state index contributed by atoms with van der Waals surface area (Å²) in [5, 5.41) is 0. The van der Waals surface area contributed by atoms with Crippen molar-refractivity contribution in [1.29, 1.82) is 0 Å². The number of hydrogen-bond acceptors (Lipinski definition) is 3. The number of primary amides is 1. The highest BCUT2D eigenvalue weighted by molar-refractivity contribution is 5.92. The molecule has 1 fully saturated rings. The molecular formula is C12H16FN3O. The zero-order chi connectivity index (χ0) is 12.4. The molecule has 1 aliphatic rings. The van der Waals surface area contributed by atoms with E-state index in [0.717, 1.165) is 19.5 Å². The second-order valence-corrected chi connectivity index (χ2v) is 4.45. The van der Waals surface area contributed by atoms with E-state index in [1.165, 1.54) is 6.07 Å². The van der Waals surface area contributed by atoms with Crippen molar-refractivity contribution in [2.24, 2.45) is 11.5 Å². The standard InChI is InChI=1S/C12H16FN3O/c13-11-5-8(12(15)17)1-2-9(11)6-16-4-3-10(14)7-16/h1-2,5,10H,3-4,6-7,14H2,(H2,15,17)/t10-/m0/s1. The van der Waals surface area contributed by atoms with Gasteiger partial charge in [0.15, 0.2) is 0 Å². The average molecular weight is 237 g/mol. The lowest BCUT2D eigenvalue weighted by atomic mass is 10.1. The quantitative estimate of drug-likeness (QED) is 0.802. The first-order chi connectivity index (χ1) is 8.06. The molecule has 17 heavy (non-hydrogen) atoms. The number of carbonyl (C=O) groups excluding carboxylic acids is 1. The third-order valence-corrected chi connectivity index (χ3v) is 3.04. The summed E-state index contributed by atoms with van der Waals surface area (Å²) in [5.41, 5.74) is 11.6. The number of nitrogens with two attached hydrogens (primary N) is 2. The molecule has 1 saturated heterocycles. The Labute approximate surface area is 99.4 Å². The van der Waals surface area contributed by atoms with Crippen molar-refractivity contribution >= 4 is 5.91 Å². The molecule has 0 spiro atoms. The number of nitrogens with zero attached hydrogens (tertiary/aromatic N) is 1. The third kappa shape index (κ3) is 2.81. The molecule has 0 unspecified atom stereocenters. The highest BCUT2D eigenvalue weighted by Crippen LogP contribution is 2.16. The summed E-state index contributed by atoms with van der Waals surface area (Å²) >= 11 is 0. The van der Waals surface area contributed by atoms with Gasteiger partial charge in [0.05, 0.1) is 0 Å². The van der Waals surface area contributed by atoms with Gasteiger partial charge in [0.2, 0.25) is 5.91 Å². The molecule has 4 nitrogen and oxygen atoms in total. The second kappa shape index (κ2) is 4.81. The van der Waals surface area contributed by atoms with Crippen molar-refractivity contribution in [3.05, 3.63) is 35.1 Å². The number of rotatable bonds is 3. The zero-order valence-corrected chi connectivity index (χ0v) is 9.53. The Morgan fingerprint density at radius 2 is 2.29 bits per heavy atom. The third-order valence-electron chi connectivity index (χ3n) is 3.04. The highest BCUT2D eigenvalue weighted by Gasteiger charge is 2.20. The van der Waals surface area contributed by atoms with E-state index in [4.69, 9.17) is 11.5 Å². The number of likely N-dealkylation sites (tertiary alicyclic amines) is 1. The molecule has 0 aromatic heterocycles. The zero-order valence-electron chi connectivity index (χ0n) is 9.53. The second-order valence-electron chi connectivity index (χ2n) is 4.45. The van der Waals surface area contributed by atoms with Crippen molar-refractivity contribution in [3.63, 3.8) is 0 Å². The van der Waals surface area contributed by atoms with Crippen molar-refractivity contribution in [2.45, 2.75) is 19.0 Å². The average Bonchev–Trinajstić information content (AvgIpc) is 2.67. The lowest BCUT2D eigenvalue weighted by Gasteiger charge is -2.15. The maximum Gasteiger partial charge on any atom is 0.248 e. The van der Waals surface area contributed by atoms with E-state index >= 15 is 0 Å². The van der Waals surface area contributed by atoms with E-state index in [1.54, 1.807) is 12.1 Å². The van der Waals surface area contributed by atoms with E-state index in [-0.39, 0.29) is 17.4 Å². The van der Waals surface area contributed by atoms with Crippen molar-refractivity contribution < 1.29 is 9.18 Å². The smallest absolute Gasteiger partial charge is 0.248 e. The minimum absolute atomic E-state index is 0.183. The molecular weight excluding hydrogens is 221 g/mol. The lowest BCUT2D eigenvalue weighted by Crippen LogP contribution is -2.26. The minimum atomic E-state index is -0.612. The van der Waals surface area contributed by atoms with Gasteiger partial charge < -0.3 is 11.5 Å². The molecule has 0 bridgehead atoms. The molecule has 1 aromatic carbocycles. The summed E-state index contributed by atoms with van der Waals surface area (Å²) in [5.74, 6) is -1.000. The van der Waals surface area contributed by atoms with Crippen molar-refractivity contribution in [2.75, 3.05) is 13.1 Å². The van der Waals surface area contributed by atoms with E-state index in [1.807, 2.05) is 0 Å². The number of halogens is 1. The number of benzene rings is 1. The van der Waals surface area contributed by atoms with Crippen molar-refractivity contribution in [3.8, 4) is 0 Å². The molecule has 5 heteroatoms. The molecule has 4 N–H and O–H groups in total. The summed E-state index contributed by atoms with van der Waals surface area (Å²) < 4.78 is 13.7. The Bertz CT molecular complexity index is 436. The monoisotopic (exact) mass is 237 g/mol. The van der Waals surface area contributed by atoms with Crippen LogP contribution in [0.15, 0.2) is 18.2 Å². The maximum absolute atomic E-state index is 13.7. The van der Waals surface area contributed by atoms with Crippen LogP contribution in [-0.4, -0.2) is 29.9 Å². The molecule has 1 amide bonds. The van der Waals surface area contributed by atoms with Gasteiger partial charge in [-0.05, 0) is 18.6 Å². The van der Waals surface area contributed by atoms with Gasteiger partial charge in [-0.2, -0.15) is 0 Å². The van der Waals surface area contributed by atoms with Gasteiger partial charge in [-0.25, -0.2) is 4.39 Å². The van der Waals surface area contributed by atoms with E-state index in [0.29, 0.717) is 12.1 Å². The summed E-state index contributed by atoms with van der Waals surface area (Å²) in [6.45, 7) is 2.20. The largest absolute Gasteiger partial charge is 0.366 e. The van der Waals surface area contributed by atoms with Gasteiger partial charge in [-0.3, -0.25) is 9.69 Å². The van der Waals surface area contributed by atoms with Crippen LogP contribution in [0.2, 0.25) is 0 Å². The van der Waals surface area contributed by atoms with Gasteiger partial charge >= 0.3 is 0 Å². The molecule has 0 aliphatic carbocycles. The summed E-state index contributed by atoms with van der Waals surface area (Å²) in [6.07, 6.45) is 0.945. The minimum Gasteiger partial charge on any atom is -0.366 e. The molecule has 2 rings (SSSR count). The molecule has 0 radical (unpaired) electrons. The van der Waals surface area contributed by atoms with Crippen LogP contribution >= 0.6 is 0 Å². The van der Waals surface area contributed by atoms with E-state index < -0.39 is 5.91 Å². The van der Waals surface area contributed by atoms with E-state index in [9.17, 15) is 9.18 Å². The molecule has 0 saturated carbocycles. The summed E-state index contributed by atoms with van der Waals surface area (Å²) in [4.78, 5) is 13.0.